The number of para-hydroxylation sites is 1. The standard InChI is InChI=1S/C12H4BrF5O/c13-5-3-1-2-4-6(5)19-12-10(17)8(15)7(14)9(16)11(12)18/h1-4H. The molecular formula is C12H4BrF5O. The Morgan fingerprint density at radius 1 is 0.737 bits per heavy atom. The van der Waals surface area contributed by atoms with E-state index in [2.05, 4.69) is 15.9 Å². The van der Waals surface area contributed by atoms with Crippen LogP contribution in [0.1, 0.15) is 0 Å². The van der Waals surface area contributed by atoms with Crippen molar-refractivity contribution in [2.75, 3.05) is 0 Å². The molecule has 2 rings (SSSR count). The maximum Gasteiger partial charge on any atom is 0.207 e. The van der Waals surface area contributed by atoms with Crippen molar-refractivity contribution in [1.29, 1.82) is 0 Å². The van der Waals surface area contributed by atoms with E-state index >= 15 is 0 Å². The first-order valence-electron chi connectivity index (χ1n) is 4.87. The van der Waals surface area contributed by atoms with Crippen LogP contribution >= 0.6 is 15.9 Å². The fourth-order valence-electron chi connectivity index (χ4n) is 1.31. The molecule has 2 aromatic rings. The van der Waals surface area contributed by atoms with Gasteiger partial charge in [0.1, 0.15) is 5.75 Å². The summed E-state index contributed by atoms with van der Waals surface area (Å²) < 4.78 is 70.5. The van der Waals surface area contributed by atoms with Crippen molar-refractivity contribution in [3.8, 4) is 11.5 Å². The first-order chi connectivity index (χ1) is 8.93. The zero-order chi connectivity index (χ0) is 14.2. The first-order valence-corrected chi connectivity index (χ1v) is 5.66. The summed E-state index contributed by atoms with van der Waals surface area (Å²) in [5, 5.41) is 0. The molecule has 2 aromatic carbocycles. The van der Waals surface area contributed by atoms with E-state index in [9.17, 15) is 22.0 Å². The highest BCUT2D eigenvalue weighted by Gasteiger charge is 2.27. The molecule has 19 heavy (non-hydrogen) atoms. The molecule has 0 fully saturated rings. The van der Waals surface area contributed by atoms with Gasteiger partial charge >= 0.3 is 0 Å². The minimum atomic E-state index is -2.23. The molecular weight excluding hydrogens is 335 g/mol. The SMILES string of the molecule is Fc1c(F)c(F)c(Oc2ccccc2Br)c(F)c1F. The summed E-state index contributed by atoms with van der Waals surface area (Å²) in [4.78, 5) is 0. The average Bonchev–Trinajstić information content (AvgIpc) is 2.41. The number of benzene rings is 2. The van der Waals surface area contributed by atoms with Crippen molar-refractivity contribution in [2.45, 2.75) is 0 Å². The van der Waals surface area contributed by atoms with Crippen LogP contribution < -0.4 is 4.74 Å². The lowest BCUT2D eigenvalue weighted by Crippen LogP contribution is -2.04. The van der Waals surface area contributed by atoms with Crippen molar-refractivity contribution in [3.05, 3.63) is 57.8 Å². The Kier molecular flexibility index (Phi) is 3.75. The molecule has 7 heteroatoms. The van der Waals surface area contributed by atoms with Gasteiger partial charge in [0.2, 0.25) is 34.8 Å². The van der Waals surface area contributed by atoms with Crippen molar-refractivity contribution in [3.63, 3.8) is 0 Å². The molecule has 0 atom stereocenters. The lowest BCUT2D eigenvalue weighted by Gasteiger charge is -2.10. The molecule has 0 saturated heterocycles. The van der Waals surface area contributed by atoms with E-state index in [0.29, 0.717) is 4.47 Å². The molecule has 1 nitrogen and oxygen atoms in total. The van der Waals surface area contributed by atoms with Crippen molar-refractivity contribution in [1.82, 2.24) is 0 Å². The third-order valence-electron chi connectivity index (χ3n) is 2.22. The van der Waals surface area contributed by atoms with Crippen molar-refractivity contribution < 1.29 is 26.7 Å². The molecule has 0 radical (unpaired) electrons. The molecule has 0 aliphatic carbocycles. The van der Waals surface area contributed by atoms with Crippen LogP contribution in [0.5, 0.6) is 11.5 Å². The molecule has 0 unspecified atom stereocenters. The molecule has 100 valence electrons. The molecule has 0 spiro atoms. The third-order valence-corrected chi connectivity index (χ3v) is 2.87. The maximum absolute atomic E-state index is 13.4. The van der Waals surface area contributed by atoms with E-state index in [1.54, 1.807) is 6.07 Å². The lowest BCUT2D eigenvalue weighted by atomic mass is 10.2. The van der Waals surface area contributed by atoms with E-state index in [0.717, 1.165) is 0 Å². The van der Waals surface area contributed by atoms with Gasteiger partial charge in [-0.05, 0) is 28.1 Å². The normalized spacial score (nSPS) is 10.6. The zero-order valence-corrected chi connectivity index (χ0v) is 10.6. The van der Waals surface area contributed by atoms with Gasteiger partial charge in [-0.15, -0.1) is 0 Å². The van der Waals surface area contributed by atoms with Gasteiger partial charge in [0.25, 0.3) is 0 Å². The van der Waals surface area contributed by atoms with Crippen LogP contribution in [0.25, 0.3) is 0 Å². The Labute approximate surface area is 112 Å². The summed E-state index contributed by atoms with van der Waals surface area (Å²) >= 11 is 3.02. The molecule has 0 saturated carbocycles. The largest absolute Gasteiger partial charge is 0.450 e. The number of halogens is 6. The second kappa shape index (κ2) is 5.16. The van der Waals surface area contributed by atoms with Crippen molar-refractivity contribution in [2.24, 2.45) is 0 Å². The van der Waals surface area contributed by atoms with Gasteiger partial charge in [0, 0.05) is 0 Å². The summed E-state index contributed by atoms with van der Waals surface area (Å²) in [6.45, 7) is 0. The fraction of sp³-hybridized carbons (Fsp3) is 0. The number of ether oxygens (including phenoxy) is 1. The number of hydrogen-bond donors (Lipinski definition) is 0. The Balaban J connectivity index is 2.56. The molecule has 0 amide bonds. The van der Waals surface area contributed by atoms with Crippen LogP contribution in [0.2, 0.25) is 0 Å². The first kappa shape index (κ1) is 13.8. The minimum Gasteiger partial charge on any atom is -0.450 e. The monoisotopic (exact) mass is 338 g/mol. The fourth-order valence-corrected chi connectivity index (χ4v) is 1.68. The van der Waals surface area contributed by atoms with Gasteiger partial charge in [-0.1, -0.05) is 12.1 Å². The molecule has 0 heterocycles. The van der Waals surface area contributed by atoms with Crippen LogP contribution in [-0.4, -0.2) is 0 Å². The quantitative estimate of drug-likeness (QED) is 0.428. The topological polar surface area (TPSA) is 9.23 Å². The summed E-state index contributed by atoms with van der Waals surface area (Å²) in [5.41, 5.74) is 0. The highest BCUT2D eigenvalue weighted by atomic mass is 79.9. The van der Waals surface area contributed by atoms with Gasteiger partial charge in [-0.25, -0.2) is 13.2 Å². The average molecular weight is 339 g/mol. The minimum absolute atomic E-state index is 0.0780. The summed E-state index contributed by atoms with van der Waals surface area (Å²) in [6.07, 6.45) is 0. The third kappa shape index (κ3) is 2.42. The van der Waals surface area contributed by atoms with E-state index < -0.39 is 34.8 Å². The van der Waals surface area contributed by atoms with Gasteiger partial charge in [0.05, 0.1) is 4.47 Å². The van der Waals surface area contributed by atoms with Crippen molar-refractivity contribution >= 4 is 15.9 Å². The second-order valence-corrected chi connectivity index (χ2v) is 4.29. The number of hydrogen-bond acceptors (Lipinski definition) is 1. The van der Waals surface area contributed by atoms with Crippen LogP contribution in [0.15, 0.2) is 28.7 Å². The smallest absolute Gasteiger partial charge is 0.207 e. The van der Waals surface area contributed by atoms with Gasteiger partial charge in [-0.3, -0.25) is 0 Å². The lowest BCUT2D eigenvalue weighted by molar-refractivity contribution is 0.331. The summed E-state index contributed by atoms with van der Waals surface area (Å²) in [7, 11) is 0. The van der Waals surface area contributed by atoms with Gasteiger partial charge in [0.15, 0.2) is 0 Å². The van der Waals surface area contributed by atoms with Crippen LogP contribution in [-0.2, 0) is 0 Å². The predicted octanol–water partition coefficient (Wildman–Crippen LogP) is 4.94. The van der Waals surface area contributed by atoms with E-state index in [1.165, 1.54) is 18.2 Å². The highest BCUT2D eigenvalue weighted by molar-refractivity contribution is 9.10. The molecule has 0 bridgehead atoms. The van der Waals surface area contributed by atoms with E-state index in [-0.39, 0.29) is 5.75 Å². The predicted molar refractivity (Wildman–Crippen MR) is 60.4 cm³/mol. The molecule has 0 aliphatic rings. The summed E-state index contributed by atoms with van der Waals surface area (Å²) in [5.74, 6) is -11.8. The molecule has 0 N–H and O–H groups in total. The zero-order valence-electron chi connectivity index (χ0n) is 8.99. The molecule has 0 aliphatic heterocycles. The molecule has 0 aromatic heterocycles. The van der Waals surface area contributed by atoms with E-state index in [1.807, 2.05) is 0 Å². The van der Waals surface area contributed by atoms with Crippen LogP contribution in [0.4, 0.5) is 22.0 Å². The Bertz CT molecular complexity index is 615. The number of rotatable bonds is 2. The highest BCUT2D eigenvalue weighted by Crippen LogP contribution is 2.35. The van der Waals surface area contributed by atoms with Crippen LogP contribution in [0.3, 0.4) is 0 Å². The Hall–Kier alpha value is -1.63. The van der Waals surface area contributed by atoms with Crippen LogP contribution in [0, 0.1) is 29.1 Å². The van der Waals surface area contributed by atoms with Gasteiger partial charge < -0.3 is 4.74 Å². The Morgan fingerprint density at radius 2 is 1.21 bits per heavy atom. The van der Waals surface area contributed by atoms with Gasteiger partial charge in [-0.2, -0.15) is 8.78 Å². The maximum atomic E-state index is 13.4. The van der Waals surface area contributed by atoms with E-state index in [4.69, 9.17) is 4.74 Å². The second-order valence-electron chi connectivity index (χ2n) is 3.43. The Morgan fingerprint density at radius 3 is 1.74 bits per heavy atom. The summed E-state index contributed by atoms with van der Waals surface area (Å²) in [6, 6.07) is 5.87.